The quantitative estimate of drug-likeness (QED) is 0.618. The van der Waals surface area contributed by atoms with Crippen molar-refractivity contribution in [1.29, 1.82) is 0 Å². The number of nitrogens with zero attached hydrogens (tertiary/aromatic N) is 1. The van der Waals surface area contributed by atoms with E-state index in [0.29, 0.717) is 5.88 Å². The number of nitrogens with two attached hydrogens (primary N) is 1. The highest BCUT2D eigenvalue weighted by Crippen LogP contribution is 2.25. The van der Waals surface area contributed by atoms with Crippen molar-refractivity contribution in [2.24, 2.45) is 0 Å². The first kappa shape index (κ1) is 6.22. The lowest BCUT2D eigenvalue weighted by atomic mass is 10.2. The van der Waals surface area contributed by atoms with Crippen LogP contribution < -0.4 is 5.73 Å². The lowest BCUT2D eigenvalue weighted by Crippen LogP contribution is -1.81. The maximum atomic E-state index is 5.56. The molecule has 0 aliphatic carbocycles. The molecule has 0 aromatic carbocycles. The van der Waals surface area contributed by atoms with Gasteiger partial charge in [0.25, 0.3) is 0 Å². The van der Waals surface area contributed by atoms with Gasteiger partial charge < -0.3 is 10.2 Å². The van der Waals surface area contributed by atoms with Crippen molar-refractivity contribution >= 4 is 16.9 Å². The van der Waals surface area contributed by atoms with Gasteiger partial charge in [0.2, 0.25) is 0 Å². The lowest BCUT2D eigenvalue weighted by Gasteiger charge is -1.84. The number of aromatic nitrogens is 1. The molecule has 2 N–H and O–H groups in total. The Balaban J connectivity index is 2.92. The van der Waals surface area contributed by atoms with E-state index in [-0.39, 0.29) is 0 Å². The van der Waals surface area contributed by atoms with Crippen LogP contribution in [0.4, 0.5) is 5.88 Å². The first-order valence-electron chi connectivity index (χ1n) is 3.37. The molecular formula is C8H8N2O. The molecule has 2 heterocycles. The van der Waals surface area contributed by atoms with E-state index in [0.717, 1.165) is 16.5 Å². The van der Waals surface area contributed by atoms with Gasteiger partial charge in [-0.1, -0.05) is 0 Å². The number of pyridine rings is 1. The summed E-state index contributed by atoms with van der Waals surface area (Å²) in [7, 11) is 0. The third kappa shape index (κ3) is 0.774. The molecule has 0 saturated heterocycles. The van der Waals surface area contributed by atoms with E-state index < -0.39 is 0 Å². The highest BCUT2D eigenvalue weighted by molar-refractivity contribution is 5.83. The average Bonchev–Trinajstić information content (AvgIpc) is 2.30. The highest BCUT2D eigenvalue weighted by atomic mass is 16.3. The number of rotatable bonds is 0. The second-order valence-corrected chi connectivity index (χ2v) is 2.46. The summed E-state index contributed by atoms with van der Waals surface area (Å²) in [6, 6.07) is 1.80. The SMILES string of the molecule is Cc1c(N)oc2ccncc12. The summed E-state index contributed by atoms with van der Waals surface area (Å²) >= 11 is 0. The van der Waals surface area contributed by atoms with E-state index in [2.05, 4.69) is 4.98 Å². The zero-order valence-electron chi connectivity index (χ0n) is 6.16. The van der Waals surface area contributed by atoms with Gasteiger partial charge in [-0.15, -0.1) is 0 Å². The van der Waals surface area contributed by atoms with Crippen LogP contribution in [-0.4, -0.2) is 4.98 Å². The van der Waals surface area contributed by atoms with E-state index in [1.165, 1.54) is 0 Å². The fourth-order valence-corrected chi connectivity index (χ4v) is 1.08. The molecule has 11 heavy (non-hydrogen) atoms. The van der Waals surface area contributed by atoms with Crippen molar-refractivity contribution in [2.45, 2.75) is 6.92 Å². The van der Waals surface area contributed by atoms with Crippen LogP contribution in [0, 0.1) is 6.92 Å². The molecule has 0 aliphatic rings. The van der Waals surface area contributed by atoms with E-state index in [1.54, 1.807) is 18.5 Å². The van der Waals surface area contributed by atoms with Gasteiger partial charge in [-0.05, 0) is 13.0 Å². The van der Waals surface area contributed by atoms with Crippen LogP contribution >= 0.6 is 0 Å². The van der Waals surface area contributed by atoms with Gasteiger partial charge in [-0.25, -0.2) is 0 Å². The van der Waals surface area contributed by atoms with E-state index in [1.807, 2.05) is 6.92 Å². The molecule has 0 amide bonds. The predicted octanol–water partition coefficient (Wildman–Crippen LogP) is 1.72. The van der Waals surface area contributed by atoms with Crippen LogP contribution in [0.3, 0.4) is 0 Å². The van der Waals surface area contributed by atoms with E-state index in [4.69, 9.17) is 10.2 Å². The Labute approximate surface area is 63.8 Å². The van der Waals surface area contributed by atoms with Gasteiger partial charge in [-0.2, -0.15) is 0 Å². The fourth-order valence-electron chi connectivity index (χ4n) is 1.08. The predicted molar refractivity (Wildman–Crippen MR) is 43.2 cm³/mol. The number of furan rings is 1. The van der Waals surface area contributed by atoms with Crippen LogP contribution in [0.5, 0.6) is 0 Å². The maximum absolute atomic E-state index is 5.56. The molecule has 0 saturated carbocycles. The Morgan fingerprint density at radius 1 is 1.55 bits per heavy atom. The molecule has 0 spiro atoms. The minimum absolute atomic E-state index is 0.480. The summed E-state index contributed by atoms with van der Waals surface area (Å²) in [5.41, 5.74) is 7.32. The van der Waals surface area contributed by atoms with Gasteiger partial charge in [0.15, 0.2) is 5.88 Å². The number of anilines is 1. The third-order valence-corrected chi connectivity index (χ3v) is 1.77. The molecule has 0 bridgehead atoms. The Morgan fingerprint density at radius 2 is 2.36 bits per heavy atom. The van der Waals surface area contributed by atoms with Crippen LogP contribution in [0.2, 0.25) is 0 Å². The summed E-state index contributed by atoms with van der Waals surface area (Å²) < 4.78 is 5.24. The molecular weight excluding hydrogens is 140 g/mol. The van der Waals surface area contributed by atoms with Gasteiger partial charge in [0.05, 0.1) is 0 Å². The average molecular weight is 148 g/mol. The number of hydrogen-bond acceptors (Lipinski definition) is 3. The Bertz CT molecular complexity index is 392. The number of fused-ring (bicyclic) bond motifs is 1. The topological polar surface area (TPSA) is 52.0 Å². The molecule has 3 heteroatoms. The summed E-state index contributed by atoms with van der Waals surface area (Å²) in [4.78, 5) is 3.97. The van der Waals surface area contributed by atoms with Gasteiger partial charge in [-0.3, -0.25) is 4.98 Å². The summed E-state index contributed by atoms with van der Waals surface area (Å²) in [5, 5.41) is 0.991. The normalized spacial score (nSPS) is 10.6. The fraction of sp³-hybridized carbons (Fsp3) is 0.125. The molecule has 0 atom stereocenters. The van der Waals surface area contributed by atoms with Crippen molar-refractivity contribution in [1.82, 2.24) is 4.98 Å². The molecule has 0 aliphatic heterocycles. The first-order valence-corrected chi connectivity index (χ1v) is 3.37. The second-order valence-electron chi connectivity index (χ2n) is 2.46. The molecule has 0 unspecified atom stereocenters. The Kier molecular flexibility index (Phi) is 1.12. The highest BCUT2D eigenvalue weighted by Gasteiger charge is 2.05. The van der Waals surface area contributed by atoms with Gasteiger partial charge in [0.1, 0.15) is 5.58 Å². The summed E-state index contributed by atoms with van der Waals surface area (Å²) in [6.45, 7) is 1.92. The Hall–Kier alpha value is -1.51. The summed E-state index contributed by atoms with van der Waals surface area (Å²) in [6.07, 6.45) is 3.44. The van der Waals surface area contributed by atoms with Crippen LogP contribution in [0.1, 0.15) is 5.56 Å². The van der Waals surface area contributed by atoms with Gasteiger partial charge in [0, 0.05) is 23.3 Å². The monoisotopic (exact) mass is 148 g/mol. The third-order valence-electron chi connectivity index (χ3n) is 1.77. The molecule has 2 aromatic heterocycles. The second kappa shape index (κ2) is 1.99. The minimum atomic E-state index is 0.480. The van der Waals surface area contributed by atoms with Crippen molar-refractivity contribution < 1.29 is 4.42 Å². The molecule has 2 aromatic rings. The maximum Gasteiger partial charge on any atom is 0.194 e. The van der Waals surface area contributed by atoms with Crippen LogP contribution in [0.25, 0.3) is 11.0 Å². The lowest BCUT2D eigenvalue weighted by molar-refractivity contribution is 0.634. The molecule has 56 valence electrons. The van der Waals surface area contributed by atoms with Crippen LogP contribution in [-0.2, 0) is 0 Å². The number of aryl methyl sites for hydroxylation is 1. The molecule has 0 radical (unpaired) electrons. The smallest absolute Gasteiger partial charge is 0.194 e. The van der Waals surface area contributed by atoms with Crippen LogP contribution in [0.15, 0.2) is 22.9 Å². The summed E-state index contributed by atoms with van der Waals surface area (Å²) in [5.74, 6) is 0.480. The zero-order valence-corrected chi connectivity index (χ0v) is 6.16. The molecule has 3 nitrogen and oxygen atoms in total. The molecule has 2 rings (SSSR count). The van der Waals surface area contributed by atoms with E-state index >= 15 is 0 Å². The number of hydrogen-bond donors (Lipinski definition) is 1. The minimum Gasteiger partial charge on any atom is -0.441 e. The Morgan fingerprint density at radius 3 is 3.09 bits per heavy atom. The standard InChI is InChI=1S/C8H8N2O/c1-5-6-4-10-3-2-7(6)11-8(5)9/h2-4H,9H2,1H3. The van der Waals surface area contributed by atoms with Crippen molar-refractivity contribution in [3.63, 3.8) is 0 Å². The van der Waals surface area contributed by atoms with Crippen molar-refractivity contribution in [3.05, 3.63) is 24.0 Å². The number of nitrogen functional groups attached to an aromatic ring is 1. The zero-order chi connectivity index (χ0) is 7.84. The van der Waals surface area contributed by atoms with Crippen molar-refractivity contribution in [3.8, 4) is 0 Å². The van der Waals surface area contributed by atoms with Gasteiger partial charge >= 0.3 is 0 Å². The largest absolute Gasteiger partial charge is 0.441 e. The van der Waals surface area contributed by atoms with Crippen molar-refractivity contribution in [2.75, 3.05) is 5.73 Å². The first-order chi connectivity index (χ1) is 5.29. The molecule has 0 fully saturated rings. The van der Waals surface area contributed by atoms with E-state index in [9.17, 15) is 0 Å².